The largest absolute Gasteiger partial charge is 0.493 e. The molecule has 2 rings (SSSR count). The van der Waals surface area contributed by atoms with Crippen molar-refractivity contribution in [2.75, 3.05) is 14.2 Å². The van der Waals surface area contributed by atoms with Gasteiger partial charge >= 0.3 is 0 Å². The summed E-state index contributed by atoms with van der Waals surface area (Å²) in [5, 5.41) is 9.51. The Hall–Kier alpha value is -1.22. The Morgan fingerprint density at radius 3 is 2.40 bits per heavy atom. The van der Waals surface area contributed by atoms with Crippen LogP contribution in [0.1, 0.15) is 44.1 Å². The lowest BCUT2D eigenvalue weighted by molar-refractivity contribution is 0.106. The third-order valence-electron chi connectivity index (χ3n) is 4.34. The Morgan fingerprint density at radius 1 is 1.05 bits per heavy atom. The number of rotatable bonds is 6. The molecule has 1 N–H and O–H groups in total. The number of aryl methyl sites for hydroxylation is 1. The fourth-order valence-electron chi connectivity index (χ4n) is 3.06. The average molecular weight is 278 g/mol. The normalized spacial score (nSPS) is 22.6. The Labute approximate surface area is 121 Å². The molecule has 0 spiro atoms. The highest BCUT2D eigenvalue weighted by molar-refractivity contribution is 5.42. The molecule has 0 bridgehead atoms. The molecule has 0 radical (unpaired) electrons. The molecule has 0 saturated heterocycles. The maximum absolute atomic E-state index is 9.51. The zero-order chi connectivity index (χ0) is 14.4. The molecule has 0 aromatic heterocycles. The molecule has 3 heteroatoms. The van der Waals surface area contributed by atoms with Gasteiger partial charge in [-0.15, -0.1) is 0 Å². The van der Waals surface area contributed by atoms with Gasteiger partial charge < -0.3 is 14.6 Å². The van der Waals surface area contributed by atoms with Crippen LogP contribution in [0.15, 0.2) is 18.2 Å². The number of ether oxygens (including phenoxy) is 2. The van der Waals surface area contributed by atoms with Crippen molar-refractivity contribution in [3.63, 3.8) is 0 Å². The van der Waals surface area contributed by atoms with Crippen LogP contribution in [0.3, 0.4) is 0 Å². The molecule has 0 aliphatic heterocycles. The van der Waals surface area contributed by atoms with Crippen LogP contribution in [0.5, 0.6) is 11.5 Å². The van der Waals surface area contributed by atoms with Gasteiger partial charge in [-0.1, -0.05) is 12.5 Å². The standard InChI is InChI=1S/C17H26O3/c1-19-16-11-8-14(12-17(16)20-2)5-3-4-13-6-9-15(18)10-7-13/h8,11-13,15,18H,3-7,9-10H2,1-2H3. The van der Waals surface area contributed by atoms with Crippen molar-refractivity contribution < 1.29 is 14.6 Å². The van der Waals surface area contributed by atoms with Crippen molar-refractivity contribution in [3.05, 3.63) is 23.8 Å². The lowest BCUT2D eigenvalue weighted by atomic mass is 9.84. The molecule has 0 amide bonds. The van der Waals surface area contributed by atoms with E-state index >= 15 is 0 Å². The molecule has 1 aliphatic rings. The van der Waals surface area contributed by atoms with E-state index in [-0.39, 0.29) is 6.10 Å². The minimum absolute atomic E-state index is 0.0444. The molecule has 1 aliphatic carbocycles. The number of aliphatic hydroxyl groups excluding tert-OH is 1. The van der Waals surface area contributed by atoms with Gasteiger partial charge in [-0.05, 0) is 62.1 Å². The number of benzene rings is 1. The van der Waals surface area contributed by atoms with Gasteiger partial charge in [0.2, 0.25) is 0 Å². The van der Waals surface area contributed by atoms with Crippen LogP contribution in [0.2, 0.25) is 0 Å². The lowest BCUT2D eigenvalue weighted by Crippen LogP contribution is -2.18. The Morgan fingerprint density at radius 2 is 1.75 bits per heavy atom. The molecule has 112 valence electrons. The summed E-state index contributed by atoms with van der Waals surface area (Å²) in [6.45, 7) is 0. The molecule has 20 heavy (non-hydrogen) atoms. The SMILES string of the molecule is COc1ccc(CCCC2CCC(O)CC2)cc1OC. The average Bonchev–Trinajstić information content (AvgIpc) is 2.49. The van der Waals surface area contributed by atoms with Crippen molar-refractivity contribution in [3.8, 4) is 11.5 Å². The third kappa shape index (κ3) is 4.14. The Kier molecular flexibility index (Phi) is 5.72. The molecular weight excluding hydrogens is 252 g/mol. The van der Waals surface area contributed by atoms with Crippen LogP contribution >= 0.6 is 0 Å². The summed E-state index contributed by atoms with van der Waals surface area (Å²) in [6, 6.07) is 6.17. The number of aliphatic hydroxyl groups is 1. The summed E-state index contributed by atoms with van der Waals surface area (Å²) in [6.07, 6.45) is 7.86. The summed E-state index contributed by atoms with van der Waals surface area (Å²) >= 11 is 0. The van der Waals surface area contributed by atoms with E-state index in [2.05, 4.69) is 12.1 Å². The van der Waals surface area contributed by atoms with Gasteiger partial charge in [0.25, 0.3) is 0 Å². The first-order valence-electron chi connectivity index (χ1n) is 7.62. The van der Waals surface area contributed by atoms with Gasteiger partial charge in [-0.25, -0.2) is 0 Å². The number of methoxy groups -OCH3 is 2. The van der Waals surface area contributed by atoms with Crippen LogP contribution < -0.4 is 9.47 Å². The van der Waals surface area contributed by atoms with Gasteiger partial charge in [-0.2, -0.15) is 0 Å². The van der Waals surface area contributed by atoms with Gasteiger partial charge in [0.15, 0.2) is 11.5 Å². The highest BCUT2D eigenvalue weighted by Gasteiger charge is 2.18. The molecule has 0 atom stereocenters. The van der Waals surface area contributed by atoms with E-state index < -0.39 is 0 Å². The van der Waals surface area contributed by atoms with Crippen LogP contribution in [-0.4, -0.2) is 25.4 Å². The first kappa shape index (κ1) is 15.2. The molecule has 0 unspecified atom stereocenters. The second-order valence-corrected chi connectivity index (χ2v) is 5.76. The van der Waals surface area contributed by atoms with Crippen molar-refractivity contribution in [2.45, 2.75) is 51.0 Å². The van der Waals surface area contributed by atoms with E-state index in [9.17, 15) is 5.11 Å². The van der Waals surface area contributed by atoms with Gasteiger partial charge in [0.05, 0.1) is 20.3 Å². The maximum Gasteiger partial charge on any atom is 0.160 e. The first-order valence-corrected chi connectivity index (χ1v) is 7.62. The summed E-state index contributed by atoms with van der Waals surface area (Å²) in [5.41, 5.74) is 1.30. The monoisotopic (exact) mass is 278 g/mol. The second-order valence-electron chi connectivity index (χ2n) is 5.76. The summed E-state index contributed by atoms with van der Waals surface area (Å²) in [4.78, 5) is 0. The van der Waals surface area contributed by atoms with E-state index in [1.54, 1.807) is 14.2 Å². The quantitative estimate of drug-likeness (QED) is 0.864. The topological polar surface area (TPSA) is 38.7 Å². The minimum atomic E-state index is -0.0444. The first-order chi connectivity index (χ1) is 9.72. The molecule has 1 fully saturated rings. The predicted octanol–water partition coefficient (Wildman–Crippen LogP) is 3.58. The lowest BCUT2D eigenvalue weighted by Gasteiger charge is -2.25. The minimum Gasteiger partial charge on any atom is -0.493 e. The van der Waals surface area contributed by atoms with E-state index in [1.807, 2.05) is 6.07 Å². The molecule has 1 saturated carbocycles. The molecular formula is C17H26O3. The maximum atomic E-state index is 9.51. The number of hydrogen-bond donors (Lipinski definition) is 1. The molecule has 1 aromatic carbocycles. The van der Waals surface area contributed by atoms with Crippen molar-refractivity contribution in [1.82, 2.24) is 0 Å². The fraction of sp³-hybridized carbons (Fsp3) is 0.647. The van der Waals surface area contributed by atoms with Crippen LogP contribution in [0.25, 0.3) is 0 Å². The van der Waals surface area contributed by atoms with Gasteiger partial charge in [0, 0.05) is 0 Å². The highest BCUT2D eigenvalue weighted by atomic mass is 16.5. The molecule has 3 nitrogen and oxygen atoms in total. The predicted molar refractivity (Wildman–Crippen MR) is 80.4 cm³/mol. The van der Waals surface area contributed by atoms with Crippen molar-refractivity contribution >= 4 is 0 Å². The van der Waals surface area contributed by atoms with Crippen molar-refractivity contribution in [2.24, 2.45) is 5.92 Å². The zero-order valence-corrected chi connectivity index (χ0v) is 12.6. The van der Waals surface area contributed by atoms with E-state index in [1.165, 1.54) is 31.2 Å². The van der Waals surface area contributed by atoms with E-state index in [4.69, 9.17) is 9.47 Å². The molecule has 0 heterocycles. The summed E-state index contributed by atoms with van der Waals surface area (Å²) < 4.78 is 10.6. The Balaban J connectivity index is 1.79. The van der Waals surface area contributed by atoms with Gasteiger partial charge in [0.1, 0.15) is 0 Å². The smallest absolute Gasteiger partial charge is 0.160 e. The van der Waals surface area contributed by atoms with E-state index in [0.717, 1.165) is 36.7 Å². The Bertz CT molecular complexity index is 409. The highest BCUT2D eigenvalue weighted by Crippen LogP contribution is 2.30. The van der Waals surface area contributed by atoms with E-state index in [0.29, 0.717) is 0 Å². The summed E-state index contributed by atoms with van der Waals surface area (Å²) in [7, 11) is 3.34. The van der Waals surface area contributed by atoms with Crippen molar-refractivity contribution in [1.29, 1.82) is 0 Å². The van der Waals surface area contributed by atoms with Crippen LogP contribution in [0, 0.1) is 5.92 Å². The molecule has 1 aromatic rings. The summed E-state index contributed by atoms with van der Waals surface area (Å²) in [5.74, 6) is 2.40. The van der Waals surface area contributed by atoms with Gasteiger partial charge in [-0.3, -0.25) is 0 Å². The number of hydrogen-bond acceptors (Lipinski definition) is 3. The third-order valence-corrected chi connectivity index (χ3v) is 4.34. The van der Waals surface area contributed by atoms with Crippen LogP contribution in [-0.2, 0) is 6.42 Å². The zero-order valence-electron chi connectivity index (χ0n) is 12.6. The fourth-order valence-corrected chi connectivity index (χ4v) is 3.06. The van der Waals surface area contributed by atoms with Crippen LogP contribution in [0.4, 0.5) is 0 Å². The second kappa shape index (κ2) is 7.53.